The first kappa shape index (κ1) is 16.7. The van der Waals surface area contributed by atoms with Crippen molar-refractivity contribution in [1.82, 2.24) is 10.2 Å². The van der Waals surface area contributed by atoms with E-state index in [1.54, 1.807) is 12.1 Å². The molecular formula is C20H20N2O4. The van der Waals surface area contributed by atoms with Crippen molar-refractivity contribution < 1.29 is 19.5 Å². The Balaban J connectivity index is 1.87. The number of amides is 3. The number of nitrogens with one attached hydrogen (secondary N) is 1. The number of piperidine rings is 1. The Bertz CT molecular complexity index is 928. The molecule has 6 heteroatoms. The molecule has 0 saturated carbocycles. The summed E-state index contributed by atoms with van der Waals surface area (Å²) in [5.41, 5.74) is 1.97. The Labute approximate surface area is 150 Å². The van der Waals surface area contributed by atoms with Crippen molar-refractivity contribution in [2.24, 2.45) is 0 Å². The second kappa shape index (κ2) is 5.92. The van der Waals surface area contributed by atoms with Crippen molar-refractivity contribution in [2.75, 3.05) is 0 Å². The minimum Gasteiger partial charge on any atom is -0.374 e. The highest BCUT2D eigenvalue weighted by Gasteiger charge is 2.42. The van der Waals surface area contributed by atoms with Crippen LogP contribution in [-0.4, -0.2) is 40.0 Å². The lowest BCUT2D eigenvalue weighted by Crippen LogP contribution is -2.58. The van der Waals surface area contributed by atoms with E-state index in [9.17, 15) is 19.5 Å². The first-order chi connectivity index (χ1) is 12.4. The third-order valence-electron chi connectivity index (χ3n) is 5.23. The van der Waals surface area contributed by atoms with E-state index in [-0.39, 0.29) is 12.3 Å². The Morgan fingerprint density at radius 2 is 1.73 bits per heavy atom. The second-order valence-corrected chi connectivity index (χ2v) is 7.18. The highest BCUT2D eigenvalue weighted by molar-refractivity contribution is 6.26. The van der Waals surface area contributed by atoms with Crippen LogP contribution in [0, 0.1) is 0 Å². The van der Waals surface area contributed by atoms with Gasteiger partial charge in [-0.25, -0.2) is 0 Å². The SMILES string of the molecule is CC(C)c1ccc2c3c(cccc13)C(=O)N(C1CCC(O)NC1=O)C2=O. The Morgan fingerprint density at radius 3 is 2.38 bits per heavy atom. The van der Waals surface area contributed by atoms with Crippen LogP contribution in [0.4, 0.5) is 0 Å². The third kappa shape index (κ3) is 2.33. The smallest absolute Gasteiger partial charge is 0.262 e. The molecule has 2 heterocycles. The summed E-state index contributed by atoms with van der Waals surface area (Å²) in [6, 6.07) is 8.21. The summed E-state index contributed by atoms with van der Waals surface area (Å²) in [5.74, 6) is -1.15. The fraction of sp³-hybridized carbons (Fsp3) is 0.350. The maximum Gasteiger partial charge on any atom is 0.262 e. The van der Waals surface area contributed by atoms with Gasteiger partial charge in [0.15, 0.2) is 0 Å². The van der Waals surface area contributed by atoms with E-state index in [0.717, 1.165) is 15.8 Å². The molecule has 0 aromatic heterocycles. The maximum absolute atomic E-state index is 13.1. The highest BCUT2D eigenvalue weighted by atomic mass is 16.3. The molecule has 2 atom stereocenters. The van der Waals surface area contributed by atoms with Gasteiger partial charge in [-0.1, -0.05) is 32.0 Å². The van der Waals surface area contributed by atoms with Crippen LogP contribution in [-0.2, 0) is 4.79 Å². The monoisotopic (exact) mass is 352 g/mol. The van der Waals surface area contributed by atoms with Crippen LogP contribution in [0.2, 0.25) is 0 Å². The van der Waals surface area contributed by atoms with Crippen LogP contribution in [0.15, 0.2) is 30.3 Å². The van der Waals surface area contributed by atoms with Crippen LogP contribution in [0.3, 0.4) is 0 Å². The van der Waals surface area contributed by atoms with Crippen LogP contribution in [0.1, 0.15) is 58.9 Å². The standard InChI is InChI=1S/C20H20N2O4/c1-10(2)11-6-7-14-17-12(11)4-3-5-13(17)19(25)22(20(14)26)15-8-9-16(23)21-18(15)24/h3-7,10,15-16,23H,8-9H2,1-2H3,(H,21,24). The average molecular weight is 352 g/mol. The fourth-order valence-corrected chi connectivity index (χ4v) is 3.95. The summed E-state index contributed by atoms with van der Waals surface area (Å²) < 4.78 is 0. The Kier molecular flexibility index (Phi) is 3.80. The Hall–Kier alpha value is -2.73. The lowest BCUT2D eigenvalue weighted by molar-refractivity contribution is -0.131. The molecule has 1 fully saturated rings. The lowest BCUT2D eigenvalue weighted by atomic mass is 9.87. The molecule has 2 unspecified atom stereocenters. The van der Waals surface area contributed by atoms with Gasteiger partial charge in [-0.15, -0.1) is 0 Å². The molecule has 2 aromatic rings. The molecule has 0 radical (unpaired) electrons. The van der Waals surface area contributed by atoms with Crippen LogP contribution < -0.4 is 5.32 Å². The number of carbonyl (C=O) groups excluding carboxylic acids is 3. The van der Waals surface area contributed by atoms with Crippen molar-refractivity contribution in [3.05, 3.63) is 47.0 Å². The number of hydrogen-bond donors (Lipinski definition) is 2. The van der Waals surface area contributed by atoms with Gasteiger partial charge in [-0.2, -0.15) is 0 Å². The summed E-state index contributed by atoms with van der Waals surface area (Å²) in [6.07, 6.45) is -0.380. The zero-order valence-corrected chi connectivity index (χ0v) is 14.7. The van der Waals surface area contributed by atoms with Gasteiger partial charge in [0.25, 0.3) is 11.8 Å². The van der Waals surface area contributed by atoms with Gasteiger partial charge in [0.1, 0.15) is 12.3 Å². The summed E-state index contributed by atoms with van der Waals surface area (Å²) in [4.78, 5) is 39.5. The van der Waals surface area contributed by atoms with Gasteiger partial charge in [0.05, 0.1) is 0 Å². The van der Waals surface area contributed by atoms with Crippen molar-refractivity contribution in [3.63, 3.8) is 0 Å². The Morgan fingerprint density at radius 1 is 1.04 bits per heavy atom. The third-order valence-corrected chi connectivity index (χ3v) is 5.23. The predicted octanol–water partition coefficient (Wildman–Crippen LogP) is 2.16. The molecule has 2 aliphatic heterocycles. The molecule has 3 amide bonds. The minimum atomic E-state index is -0.932. The normalized spacial score (nSPS) is 22.9. The number of aliphatic hydroxyl groups is 1. The van der Waals surface area contributed by atoms with Gasteiger partial charge in [-0.3, -0.25) is 19.3 Å². The zero-order chi connectivity index (χ0) is 18.6. The highest BCUT2D eigenvalue weighted by Crippen LogP contribution is 2.36. The van der Waals surface area contributed by atoms with Gasteiger partial charge in [0.2, 0.25) is 5.91 Å². The quantitative estimate of drug-likeness (QED) is 0.811. The van der Waals surface area contributed by atoms with Crippen LogP contribution in [0.25, 0.3) is 10.8 Å². The van der Waals surface area contributed by atoms with E-state index < -0.39 is 30.0 Å². The molecule has 0 spiro atoms. The summed E-state index contributed by atoms with van der Waals surface area (Å²) in [7, 11) is 0. The van der Waals surface area contributed by atoms with Crippen molar-refractivity contribution in [3.8, 4) is 0 Å². The van der Waals surface area contributed by atoms with Crippen molar-refractivity contribution in [1.29, 1.82) is 0 Å². The number of carbonyl (C=O) groups is 3. The number of hydrogen-bond acceptors (Lipinski definition) is 4. The molecule has 0 aliphatic carbocycles. The van der Waals surface area contributed by atoms with E-state index >= 15 is 0 Å². The molecule has 26 heavy (non-hydrogen) atoms. The lowest BCUT2D eigenvalue weighted by Gasteiger charge is -2.36. The average Bonchev–Trinajstić information content (AvgIpc) is 2.60. The van der Waals surface area contributed by atoms with E-state index in [1.165, 1.54) is 0 Å². The molecule has 0 bridgehead atoms. The molecular weight excluding hydrogens is 332 g/mol. The second-order valence-electron chi connectivity index (χ2n) is 7.18. The number of aliphatic hydroxyl groups excluding tert-OH is 1. The molecule has 1 saturated heterocycles. The molecule has 2 aromatic carbocycles. The van der Waals surface area contributed by atoms with Crippen LogP contribution in [0.5, 0.6) is 0 Å². The summed E-state index contributed by atoms with van der Waals surface area (Å²) in [6.45, 7) is 4.14. The van der Waals surface area contributed by atoms with Crippen molar-refractivity contribution in [2.45, 2.75) is 44.9 Å². The molecule has 6 nitrogen and oxygen atoms in total. The first-order valence-corrected chi connectivity index (χ1v) is 8.82. The van der Waals surface area contributed by atoms with Crippen LogP contribution >= 0.6 is 0 Å². The predicted molar refractivity (Wildman–Crippen MR) is 95.7 cm³/mol. The largest absolute Gasteiger partial charge is 0.374 e. The molecule has 2 aliphatic rings. The van der Waals surface area contributed by atoms with Gasteiger partial charge in [-0.05, 0) is 41.8 Å². The maximum atomic E-state index is 13.1. The number of rotatable bonds is 2. The number of nitrogens with zero attached hydrogens (tertiary/aromatic N) is 1. The van der Waals surface area contributed by atoms with Gasteiger partial charge in [0, 0.05) is 16.5 Å². The van der Waals surface area contributed by atoms with Gasteiger partial charge >= 0.3 is 0 Å². The zero-order valence-electron chi connectivity index (χ0n) is 14.7. The van der Waals surface area contributed by atoms with E-state index in [4.69, 9.17) is 0 Å². The van der Waals surface area contributed by atoms with E-state index in [1.807, 2.05) is 18.2 Å². The summed E-state index contributed by atoms with van der Waals surface area (Å²) in [5, 5.41) is 13.6. The fourth-order valence-electron chi connectivity index (χ4n) is 3.95. The molecule has 2 N–H and O–H groups in total. The minimum absolute atomic E-state index is 0.250. The topological polar surface area (TPSA) is 86.7 Å². The number of imide groups is 1. The van der Waals surface area contributed by atoms with E-state index in [2.05, 4.69) is 19.2 Å². The van der Waals surface area contributed by atoms with Gasteiger partial charge < -0.3 is 10.4 Å². The number of benzene rings is 2. The summed E-state index contributed by atoms with van der Waals surface area (Å²) >= 11 is 0. The first-order valence-electron chi connectivity index (χ1n) is 8.82. The molecule has 134 valence electrons. The van der Waals surface area contributed by atoms with Crippen molar-refractivity contribution >= 4 is 28.5 Å². The van der Waals surface area contributed by atoms with E-state index in [0.29, 0.717) is 22.9 Å². The molecule has 4 rings (SSSR count).